The highest BCUT2D eigenvalue weighted by atomic mass is 16.5. The predicted molar refractivity (Wildman–Crippen MR) is 141 cm³/mol. The van der Waals surface area contributed by atoms with Crippen LogP contribution in [0.4, 0.5) is 5.82 Å². The molecule has 6 rings (SSSR count). The lowest BCUT2D eigenvalue weighted by Crippen LogP contribution is -2.42. The number of anilines is 1. The Morgan fingerprint density at radius 3 is 2.44 bits per heavy atom. The van der Waals surface area contributed by atoms with Crippen molar-refractivity contribution in [2.75, 3.05) is 39.2 Å². The summed E-state index contributed by atoms with van der Waals surface area (Å²) in [5, 5.41) is 9.74. The first-order chi connectivity index (χ1) is 17.4. The number of piperidine rings is 1. The molecule has 1 aliphatic carbocycles. The molecule has 2 aliphatic rings. The van der Waals surface area contributed by atoms with Gasteiger partial charge in [0.15, 0.2) is 5.65 Å². The fraction of sp³-hybridized carbons (Fsp3) is 0.481. The van der Waals surface area contributed by atoms with E-state index in [2.05, 4.69) is 58.4 Å². The summed E-state index contributed by atoms with van der Waals surface area (Å²) in [5.41, 5.74) is 4.28. The third-order valence-corrected chi connectivity index (χ3v) is 8.14. The van der Waals surface area contributed by atoms with Gasteiger partial charge >= 0.3 is 5.69 Å². The lowest BCUT2D eigenvalue weighted by atomic mass is 9.89. The summed E-state index contributed by atoms with van der Waals surface area (Å²) in [7, 11) is 7.81. The van der Waals surface area contributed by atoms with Crippen LogP contribution in [0.2, 0.25) is 0 Å². The Labute approximate surface area is 210 Å². The molecule has 1 aliphatic heterocycles. The van der Waals surface area contributed by atoms with E-state index in [1.807, 2.05) is 16.8 Å². The molecule has 4 heterocycles. The first kappa shape index (κ1) is 23.1. The van der Waals surface area contributed by atoms with Crippen molar-refractivity contribution < 1.29 is 4.74 Å². The molecule has 4 aromatic rings. The van der Waals surface area contributed by atoms with Gasteiger partial charge in [-0.25, -0.2) is 9.78 Å². The smallest absolute Gasteiger partial charge is 0.330 e. The van der Waals surface area contributed by atoms with Crippen LogP contribution in [0.15, 0.2) is 41.3 Å². The zero-order valence-corrected chi connectivity index (χ0v) is 21.4. The molecule has 1 saturated carbocycles. The second-order valence-corrected chi connectivity index (χ2v) is 10.4. The highest BCUT2D eigenvalue weighted by Gasteiger charge is 2.34. The summed E-state index contributed by atoms with van der Waals surface area (Å²) in [4.78, 5) is 22.7. The van der Waals surface area contributed by atoms with Crippen LogP contribution in [0.1, 0.15) is 31.7 Å². The van der Waals surface area contributed by atoms with Crippen molar-refractivity contribution in [1.82, 2.24) is 29.2 Å². The maximum absolute atomic E-state index is 13.2. The molecule has 188 valence electrons. The number of fused-ring (bicyclic) bond motifs is 3. The Balaban J connectivity index is 1.35. The van der Waals surface area contributed by atoms with Gasteiger partial charge in [-0.2, -0.15) is 0 Å². The average Bonchev–Trinajstić information content (AvgIpc) is 3.13. The minimum absolute atomic E-state index is 0.0548. The first-order valence-electron chi connectivity index (χ1n) is 12.7. The summed E-state index contributed by atoms with van der Waals surface area (Å²) >= 11 is 0. The molecule has 36 heavy (non-hydrogen) atoms. The predicted octanol–water partition coefficient (Wildman–Crippen LogP) is 3.23. The Morgan fingerprint density at radius 2 is 1.78 bits per heavy atom. The molecule has 0 amide bonds. The molecule has 0 unspecified atom stereocenters. The van der Waals surface area contributed by atoms with Crippen LogP contribution < -0.4 is 10.6 Å². The number of imidazole rings is 1. The lowest BCUT2D eigenvalue weighted by molar-refractivity contribution is 0.00635. The van der Waals surface area contributed by atoms with Gasteiger partial charge in [0.1, 0.15) is 11.3 Å². The van der Waals surface area contributed by atoms with Crippen molar-refractivity contribution in [3.05, 3.63) is 47.0 Å². The van der Waals surface area contributed by atoms with Crippen LogP contribution in [0, 0.1) is 0 Å². The average molecular weight is 488 g/mol. The number of methoxy groups -OCH3 is 1. The SMILES string of the molecule is CO[C@H]1C[C@@H](n2c(=O)n(C)c3nnc4ccc(-c5ccc(N6CCC(N(C)C)CC6)nc5)cc4c32)C1. The van der Waals surface area contributed by atoms with Crippen LogP contribution in [-0.2, 0) is 11.8 Å². The van der Waals surface area contributed by atoms with Crippen molar-refractivity contribution in [2.45, 2.75) is 43.9 Å². The minimum Gasteiger partial charge on any atom is -0.381 e. The third-order valence-electron chi connectivity index (χ3n) is 8.14. The molecule has 1 saturated heterocycles. The van der Waals surface area contributed by atoms with Gasteiger partial charge in [-0.3, -0.25) is 9.13 Å². The second-order valence-electron chi connectivity index (χ2n) is 10.4. The first-order valence-corrected chi connectivity index (χ1v) is 12.7. The molecular weight excluding hydrogens is 454 g/mol. The van der Waals surface area contributed by atoms with E-state index in [4.69, 9.17) is 9.72 Å². The van der Waals surface area contributed by atoms with Gasteiger partial charge in [0.05, 0.1) is 11.6 Å². The third kappa shape index (κ3) is 3.77. The van der Waals surface area contributed by atoms with Crippen molar-refractivity contribution in [3.63, 3.8) is 0 Å². The molecule has 0 N–H and O–H groups in total. The minimum atomic E-state index is -0.0548. The topological polar surface area (TPSA) is 81.3 Å². The highest BCUT2D eigenvalue weighted by molar-refractivity contribution is 6.02. The second kappa shape index (κ2) is 8.97. The van der Waals surface area contributed by atoms with Gasteiger partial charge in [0.25, 0.3) is 0 Å². The van der Waals surface area contributed by atoms with Gasteiger partial charge in [-0.05, 0) is 69.6 Å². The Hall–Kier alpha value is -3.30. The number of aromatic nitrogens is 5. The van der Waals surface area contributed by atoms with E-state index < -0.39 is 0 Å². The van der Waals surface area contributed by atoms with E-state index in [0.29, 0.717) is 11.7 Å². The van der Waals surface area contributed by atoms with E-state index in [1.54, 1.807) is 18.7 Å². The summed E-state index contributed by atoms with van der Waals surface area (Å²) in [6.45, 7) is 2.05. The van der Waals surface area contributed by atoms with E-state index in [9.17, 15) is 4.79 Å². The normalized spacial score (nSPS) is 21.0. The zero-order valence-electron chi connectivity index (χ0n) is 21.4. The Morgan fingerprint density at radius 1 is 1.03 bits per heavy atom. The Bertz CT molecular complexity index is 1460. The van der Waals surface area contributed by atoms with Crippen LogP contribution in [0.25, 0.3) is 33.2 Å². The molecular formula is C27H33N7O2. The lowest BCUT2D eigenvalue weighted by Gasteiger charge is -2.35. The van der Waals surface area contributed by atoms with Gasteiger partial charge in [0, 0.05) is 56.5 Å². The summed E-state index contributed by atoms with van der Waals surface area (Å²) in [6, 6.07) is 11.2. The van der Waals surface area contributed by atoms with Crippen molar-refractivity contribution in [3.8, 4) is 11.1 Å². The monoisotopic (exact) mass is 487 g/mol. The van der Waals surface area contributed by atoms with Gasteiger partial charge in [-0.1, -0.05) is 6.07 Å². The van der Waals surface area contributed by atoms with Crippen LogP contribution in [0.5, 0.6) is 0 Å². The molecule has 1 aromatic carbocycles. The number of rotatable bonds is 5. The van der Waals surface area contributed by atoms with Crippen LogP contribution in [0.3, 0.4) is 0 Å². The zero-order chi connectivity index (χ0) is 25.0. The van der Waals surface area contributed by atoms with Crippen molar-refractivity contribution in [2.24, 2.45) is 7.05 Å². The number of ether oxygens (including phenoxy) is 1. The molecule has 0 spiro atoms. The summed E-state index contributed by atoms with van der Waals surface area (Å²) < 4.78 is 8.96. The number of nitrogens with zero attached hydrogens (tertiary/aromatic N) is 7. The fourth-order valence-corrected chi connectivity index (χ4v) is 5.71. The summed E-state index contributed by atoms with van der Waals surface area (Å²) in [5.74, 6) is 1.03. The largest absolute Gasteiger partial charge is 0.381 e. The number of aryl methyl sites for hydroxylation is 1. The quantitative estimate of drug-likeness (QED) is 0.428. The van der Waals surface area contributed by atoms with E-state index in [0.717, 1.165) is 72.1 Å². The standard InChI is InChI=1S/C27H33N7O2/c1-31(2)19-9-11-33(12-10-19)24-8-6-18(16-28-24)17-5-7-23-22(13-17)25-26(30-29-23)32(3)27(35)34(25)20-14-21(15-20)36-4/h5-8,13,16,19-21H,9-12,14-15H2,1-4H3/t20-,21+. The fourth-order valence-electron chi connectivity index (χ4n) is 5.71. The van der Waals surface area contributed by atoms with E-state index >= 15 is 0 Å². The van der Waals surface area contributed by atoms with Crippen molar-refractivity contribution in [1.29, 1.82) is 0 Å². The van der Waals surface area contributed by atoms with E-state index in [-0.39, 0.29) is 17.8 Å². The molecule has 3 aromatic heterocycles. The Kier molecular flexibility index (Phi) is 5.76. The van der Waals surface area contributed by atoms with Gasteiger partial charge in [-0.15, -0.1) is 10.2 Å². The molecule has 0 atom stereocenters. The van der Waals surface area contributed by atoms with Crippen LogP contribution >= 0.6 is 0 Å². The maximum atomic E-state index is 13.2. The summed E-state index contributed by atoms with van der Waals surface area (Å²) in [6.07, 6.45) is 6.12. The number of pyridine rings is 1. The molecule has 9 heteroatoms. The van der Waals surface area contributed by atoms with Gasteiger partial charge in [0.2, 0.25) is 0 Å². The molecule has 2 fully saturated rings. The number of hydrogen-bond acceptors (Lipinski definition) is 7. The maximum Gasteiger partial charge on any atom is 0.330 e. The molecule has 0 bridgehead atoms. The van der Waals surface area contributed by atoms with Crippen LogP contribution in [-0.4, -0.2) is 75.7 Å². The molecule has 0 radical (unpaired) electrons. The number of benzene rings is 1. The number of hydrogen-bond donors (Lipinski definition) is 0. The van der Waals surface area contributed by atoms with Gasteiger partial charge < -0.3 is 14.5 Å². The highest BCUT2D eigenvalue weighted by Crippen LogP contribution is 2.37. The van der Waals surface area contributed by atoms with E-state index in [1.165, 1.54) is 0 Å². The molecule has 9 nitrogen and oxygen atoms in total. The van der Waals surface area contributed by atoms with Crippen molar-refractivity contribution >= 4 is 27.9 Å².